The Morgan fingerprint density at radius 2 is 1.88 bits per heavy atom. The molecule has 5 rings (SSSR count). The molecule has 0 spiro atoms. The summed E-state index contributed by atoms with van der Waals surface area (Å²) in [6.45, 7) is -0.397. The fourth-order valence-electron chi connectivity index (χ4n) is 4.13. The van der Waals surface area contributed by atoms with Crippen molar-refractivity contribution in [2.24, 2.45) is 0 Å². The minimum absolute atomic E-state index is 0.397. The van der Waals surface area contributed by atoms with Crippen LogP contribution in [0.15, 0.2) is 71.3 Å². The van der Waals surface area contributed by atoms with Crippen molar-refractivity contribution in [2.45, 2.75) is 12.8 Å². The summed E-state index contributed by atoms with van der Waals surface area (Å²) in [6.07, 6.45) is 4.96. The Morgan fingerprint density at radius 1 is 1.06 bits per heavy atom. The fourth-order valence-corrected chi connectivity index (χ4v) is 4.13. The molecule has 1 N–H and O–H groups in total. The van der Waals surface area contributed by atoms with Gasteiger partial charge in [0.15, 0.2) is 6.61 Å². The number of methoxy groups -OCH3 is 1. The van der Waals surface area contributed by atoms with Gasteiger partial charge in [-0.2, -0.15) is 0 Å². The molecule has 0 atom stereocenters. The fraction of sp³-hybridized carbons (Fsp3) is 0.148. The Bertz CT molecular complexity index is 1390. The number of hydrogen-bond donors (Lipinski definition) is 1. The number of amides is 1. The monoisotopic (exact) mass is 454 g/mol. The molecule has 4 aromatic rings. The van der Waals surface area contributed by atoms with Crippen LogP contribution in [0.4, 0.5) is 5.69 Å². The topological polar surface area (TPSA) is 90.7 Å². The Labute approximate surface area is 196 Å². The van der Waals surface area contributed by atoms with Crippen molar-refractivity contribution in [1.82, 2.24) is 4.98 Å². The van der Waals surface area contributed by atoms with Gasteiger partial charge in [0.2, 0.25) is 0 Å². The number of pyridine rings is 1. The SMILES string of the molecule is COc1ccc(NC(=O)COC(=O)c2c3c(nc4ccccc24)/C(=C/c2ccco2)CC3)cc1. The molecule has 2 heterocycles. The van der Waals surface area contributed by atoms with Gasteiger partial charge in [-0.15, -0.1) is 0 Å². The minimum atomic E-state index is -0.543. The molecule has 0 unspecified atom stereocenters. The Kier molecular flexibility index (Phi) is 5.82. The summed E-state index contributed by atoms with van der Waals surface area (Å²) in [5, 5.41) is 3.43. The summed E-state index contributed by atoms with van der Waals surface area (Å²) in [4.78, 5) is 30.4. The van der Waals surface area contributed by atoms with Crippen LogP contribution < -0.4 is 10.1 Å². The normalized spacial score (nSPS) is 13.6. The summed E-state index contributed by atoms with van der Waals surface area (Å²) >= 11 is 0. The zero-order valence-corrected chi connectivity index (χ0v) is 18.5. The van der Waals surface area contributed by atoms with E-state index >= 15 is 0 Å². The third-order valence-electron chi connectivity index (χ3n) is 5.71. The van der Waals surface area contributed by atoms with E-state index in [1.165, 1.54) is 0 Å². The molecule has 0 saturated carbocycles. The summed E-state index contributed by atoms with van der Waals surface area (Å²) < 4.78 is 16.0. The molecule has 0 saturated heterocycles. The van der Waals surface area contributed by atoms with Crippen molar-refractivity contribution < 1.29 is 23.5 Å². The number of carbonyl (C=O) groups excluding carboxylic acids is 2. The second-order valence-corrected chi connectivity index (χ2v) is 7.87. The van der Waals surface area contributed by atoms with E-state index in [-0.39, 0.29) is 0 Å². The molecule has 0 radical (unpaired) electrons. The van der Waals surface area contributed by atoms with Crippen LogP contribution in [0.1, 0.15) is 33.8 Å². The van der Waals surface area contributed by atoms with Crippen LogP contribution >= 0.6 is 0 Å². The van der Waals surface area contributed by atoms with Crippen LogP contribution in [0.2, 0.25) is 0 Å². The second kappa shape index (κ2) is 9.23. The van der Waals surface area contributed by atoms with E-state index in [1.807, 2.05) is 42.5 Å². The Hall–Kier alpha value is -4.39. The first-order valence-electron chi connectivity index (χ1n) is 10.9. The van der Waals surface area contributed by atoms with Gasteiger partial charge in [-0.3, -0.25) is 4.79 Å². The third kappa shape index (κ3) is 4.28. The first-order chi connectivity index (χ1) is 16.6. The quantitative estimate of drug-likeness (QED) is 0.407. The maximum atomic E-state index is 13.2. The number of carbonyl (C=O) groups is 2. The number of allylic oxidation sites excluding steroid dienone is 1. The predicted molar refractivity (Wildman–Crippen MR) is 129 cm³/mol. The van der Waals surface area contributed by atoms with Crippen molar-refractivity contribution >= 4 is 40.1 Å². The molecule has 34 heavy (non-hydrogen) atoms. The van der Waals surface area contributed by atoms with Gasteiger partial charge < -0.3 is 19.2 Å². The molecule has 0 fully saturated rings. The van der Waals surface area contributed by atoms with Crippen LogP contribution in [-0.2, 0) is 16.0 Å². The summed E-state index contributed by atoms with van der Waals surface area (Å²) in [5.74, 6) is 0.450. The molecular formula is C27H22N2O5. The number of para-hydroxylation sites is 1. The molecule has 1 amide bonds. The second-order valence-electron chi connectivity index (χ2n) is 7.87. The lowest BCUT2D eigenvalue weighted by molar-refractivity contribution is -0.119. The lowest BCUT2D eigenvalue weighted by Gasteiger charge is -2.12. The Balaban J connectivity index is 1.39. The van der Waals surface area contributed by atoms with Gasteiger partial charge in [0.05, 0.1) is 30.1 Å². The van der Waals surface area contributed by atoms with Crippen molar-refractivity contribution in [3.63, 3.8) is 0 Å². The highest BCUT2D eigenvalue weighted by Crippen LogP contribution is 2.37. The molecule has 1 aliphatic rings. The standard InChI is InChI=1S/C27H22N2O5/c1-32-19-11-9-18(10-12-19)28-24(30)16-34-27(31)25-21-6-2-3-7-23(21)29-26-17(8-13-22(25)26)15-20-5-4-14-33-20/h2-7,9-12,14-15H,8,13,16H2,1H3,(H,28,30)/b17-15+. The maximum absolute atomic E-state index is 13.2. The Morgan fingerprint density at radius 3 is 2.65 bits per heavy atom. The van der Waals surface area contributed by atoms with Crippen LogP contribution in [-0.4, -0.2) is 30.6 Å². The van der Waals surface area contributed by atoms with E-state index in [0.717, 1.165) is 29.0 Å². The van der Waals surface area contributed by atoms with Gasteiger partial charge >= 0.3 is 5.97 Å². The number of rotatable bonds is 6. The van der Waals surface area contributed by atoms with Gasteiger partial charge in [0.1, 0.15) is 11.5 Å². The maximum Gasteiger partial charge on any atom is 0.339 e. The average molecular weight is 454 g/mol. The molecule has 0 aliphatic heterocycles. The van der Waals surface area contributed by atoms with E-state index in [4.69, 9.17) is 18.9 Å². The van der Waals surface area contributed by atoms with Gasteiger partial charge in [0.25, 0.3) is 5.91 Å². The van der Waals surface area contributed by atoms with Gasteiger partial charge in [-0.25, -0.2) is 9.78 Å². The number of benzene rings is 2. The van der Waals surface area contributed by atoms with E-state index in [1.54, 1.807) is 37.6 Å². The molecular weight excluding hydrogens is 432 g/mol. The summed E-state index contributed by atoms with van der Waals surface area (Å²) in [5.41, 5.74) is 4.34. The van der Waals surface area contributed by atoms with E-state index in [0.29, 0.717) is 34.3 Å². The van der Waals surface area contributed by atoms with Gasteiger partial charge in [0, 0.05) is 11.1 Å². The highest BCUT2D eigenvalue weighted by Gasteiger charge is 2.28. The van der Waals surface area contributed by atoms with Crippen LogP contribution in [0.5, 0.6) is 5.75 Å². The minimum Gasteiger partial charge on any atom is -0.497 e. The number of esters is 1. The number of hydrogen-bond acceptors (Lipinski definition) is 6. The van der Waals surface area contributed by atoms with Gasteiger partial charge in [-0.05, 0) is 72.5 Å². The summed E-state index contributed by atoms with van der Waals surface area (Å²) in [6, 6.07) is 18.1. The number of nitrogens with one attached hydrogen (secondary N) is 1. The highest BCUT2D eigenvalue weighted by molar-refractivity contribution is 6.07. The number of anilines is 1. The van der Waals surface area contributed by atoms with Crippen molar-refractivity contribution in [2.75, 3.05) is 19.0 Å². The third-order valence-corrected chi connectivity index (χ3v) is 5.71. The number of fused-ring (bicyclic) bond motifs is 2. The van der Waals surface area contributed by atoms with Gasteiger partial charge in [-0.1, -0.05) is 18.2 Å². The van der Waals surface area contributed by atoms with Crippen molar-refractivity contribution in [1.29, 1.82) is 0 Å². The number of ether oxygens (including phenoxy) is 2. The first-order valence-corrected chi connectivity index (χ1v) is 10.9. The average Bonchev–Trinajstić information content (AvgIpc) is 3.52. The number of nitrogens with zero attached hydrogens (tertiary/aromatic N) is 1. The number of furan rings is 1. The summed E-state index contributed by atoms with van der Waals surface area (Å²) in [7, 11) is 1.57. The molecule has 7 heteroatoms. The molecule has 7 nitrogen and oxygen atoms in total. The van der Waals surface area contributed by atoms with Crippen LogP contribution in [0.3, 0.4) is 0 Å². The largest absolute Gasteiger partial charge is 0.497 e. The zero-order chi connectivity index (χ0) is 23.5. The van der Waals surface area contributed by atoms with E-state index in [2.05, 4.69) is 5.32 Å². The lowest BCUT2D eigenvalue weighted by Crippen LogP contribution is -2.21. The molecule has 1 aliphatic carbocycles. The van der Waals surface area contributed by atoms with E-state index in [9.17, 15) is 9.59 Å². The van der Waals surface area contributed by atoms with E-state index < -0.39 is 18.5 Å². The van der Waals surface area contributed by atoms with Crippen molar-refractivity contribution in [3.8, 4) is 5.75 Å². The molecule has 2 aromatic carbocycles. The molecule has 0 bridgehead atoms. The van der Waals surface area contributed by atoms with Crippen LogP contribution in [0, 0.1) is 0 Å². The first kappa shape index (κ1) is 21.5. The highest BCUT2D eigenvalue weighted by atomic mass is 16.5. The predicted octanol–water partition coefficient (Wildman–Crippen LogP) is 5.12. The smallest absolute Gasteiger partial charge is 0.339 e. The lowest BCUT2D eigenvalue weighted by atomic mass is 10.0. The van der Waals surface area contributed by atoms with Crippen LogP contribution in [0.25, 0.3) is 22.6 Å². The molecule has 170 valence electrons. The van der Waals surface area contributed by atoms with Crippen molar-refractivity contribution in [3.05, 3.63) is 89.5 Å². The zero-order valence-electron chi connectivity index (χ0n) is 18.5. The number of aromatic nitrogens is 1. The molecule has 2 aromatic heterocycles.